The molecule has 0 saturated heterocycles. The third-order valence-corrected chi connectivity index (χ3v) is 3.31. The van der Waals surface area contributed by atoms with Gasteiger partial charge < -0.3 is 14.8 Å². The van der Waals surface area contributed by atoms with Gasteiger partial charge in [0.2, 0.25) is 5.91 Å². The molecule has 0 aliphatic heterocycles. The lowest BCUT2D eigenvalue weighted by Crippen LogP contribution is -2.21. The summed E-state index contributed by atoms with van der Waals surface area (Å²) in [5.41, 5.74) is -1.62. The fourth-order valence-electron chi connectivity index (χ4n) is 2.24. The molecule has 0 unspecified atom stereocenters. The average molecular weight is 411 g/mol. The Morgan fingerprint density at radius 2 is 1.82 bits per heavy atom. The van der Waals surface area contributed by atoms with E-state index in [0.29, 0.717) is 10.7 Å². The van der Waals surface area contributed by atoms with Crippen LogP contribution >= 0.6 is 0 Å². The molecule has 0 saturated carbocycles. The fraction of sp³-hybridized carbons (Fsp3) is 0.375. The number of carbonyl (C=O) groups is 1. The quantitative estimate of drug-likeness (QED) is 0.622. The van der Waals surface area contributed by atoms with Crippen LogP contribution in [0.4, 0.5) is 32.0 Å². The second kappa shape index (κ2) is 9.33. The zero-order valence-electron chi connectivity index (χ0n) is 14.3. The van der Waals surface area contributed by atoms with Crippen LogP contribution in [0.15, 0.2) is 24.3 Å². The third-order valence-electron chi connectivity index (χ3n) is 3.31. The van der Waals surface area contributed by atoms with Gasteiger partial charge in [0.1, 0.15) is 17.9 Å². The summed E-state index contributed by atoms with van der Waals surface area (Å²) in [6, 6.07) is 4.06. The van der Waals surface area contributed by atoms with Gasteiger partial charge in [-0.3, -0.25) is 9.48 Å². The first-order valence-electron chi connectivity index (χ1n) is 7.86. The van der Waals surface area contributed by atoms with Crippen LogP contribution < -0.4 is 14.8 Å². The number of hydrogen-bond donors (Lipinski definition) is 1. The van der Waals surface area contributed by atoms with Crippen LogP contribution in [0.25, 0.3) is 0 Å². The second-order valence-corrected chi connectivity index (χ2v) is 5.27. The van der Waals surface area contributed by atoms with Crippen molar-refractivity contribution >= 4 is 11.6 Å². The number of rotatable bonds is 9. The Labute approximate surface area is 155 Å². The molecule has 2 aromatic rings. The van der Waals surface area contributed by atoms with Crippen LogP contribution in [0, 0.1) is 0 Å². The van der Waals surface area contributed by atoms with E-state index >= 15 is 0 Å². The van der Waals surface area contributed by atoms with Gasteiger partial charge in [-0.15, -0.1) is 0 Å². The van der Waals surface area contributed by atoms with E-state index in [2.05, 4.69) is 15.2 Å². The molecule has 0 aliphatic rings. The van der Waals surface area contributed by atoms with Crippen molar-refractivity contribution in [3.05, 3.63) is 35.7 Å². The van der Waals surface area contributed by atoms with Crippen molar-refractivity contribution in [1.82, 2.24) is 9.78 Å². The molecule has 0 aliphatic carbocycles. The zero-order chi connectivity index (χ0) is 20.8. The summed E-state index contributed by atoms with van der Waals surface area (Å²) in [5.74, 6) is -1.19. The number of carbonyl (C=O) groups excluding carboxylic acids is 1. The van der Waals surface area contributed by atoms with E-state index in [9.17, 15) is 31.1 Å². The number of alkyl halides is 6. The van der Waals surface area contributed by atoms with E-state index in [0.717, 1.165) is 6.07 Å². The topological polar surface area (TPSA) is 65.4 Å². The Kier molecular flexibility index (Phi) is 7.12. The van der Waals surface area contributed by atoms with Crippen molar-refractivity contribution in [1.29, 1.82) is 0 Å². The van der Waals surface area contributed by atoms with Crippen molar-refractivity contribution in [3.63, 3.8) is 0 Å². The standard InChI is InChI=1S/C16H15F6N3O3/c1-2-27-12-5-8(3-4-11(12)28-16(21)22)23-13(26)7-25-10(15(19)20)6-9(24-25)14(17)18/h3-6,14-16H,2,7H2,1H3,(H,23,26). The summed E-state index contributed by atoms with van der Waals surface area (Å²) < 4.78 is 85.9. The molecule has 0 bridgehead atoms. The maximum atomic E-state index is 12.9. The molecule has 1 aromatic heterocycles. The molecular formula is C16H15F6N3O3. The van der Waals surface area contributed by atoms with Crippen molar-refractivity contribution < 1.29 is 40.6 Å². The van der Waals surface area contributed by atoms with Gasteiger partial charge in [0.25, 0.3) is 12.9 Å². The summed E-state index contributed by atoms with van der Waals surface area (Å²) >= 11 is 0. The number of nitrogens with zero attached hydrogens (tertiary/aromatic N) is 2. The highest BCUT2D eigenvalue weighted by Crippen LogP contribution is 2.32. The lowest BCUT2D eigenvalue weighted by Gasteiger charge is -2.13. The predicted octanol–water partition coefficient (Wildman–Crippen LogP) is 4.40. The summed E-state index contributed by atoms with van der Waals surface area (Å²) in [4.78, 5) is 12.1. The molecule has 0 radical (unpaired) electrons. The maximum Gasteiger partial charge on any atom is 0.387 e. The van der Waals surface area contributed by atoms with Gasteiger partial charge in [0.15, 0.2) is 11.5 Å². The Hall–Kier alpha value is -2.92. The molecule has 12 heteroatoms. The van der Waals surface area contributed by atoms with Crippen molar-refractivity contribution in [2.24, 2.45) is 0 Å². The van der Waals surface area contributed by atoms with Crippen LogP contribution in [-0.4, -0.2) is 28.9 Å². The molecule has 6 nitrogen and oxygen atoms in total. The molecule has 1 heterocycles. The van der Waals surface area contributed by atoms with E-state index in [1.165, 1.54) is 12.1 Å². The van der Waals surface area contributed by atoms with Gasteiger partial charge in [0, 0.05) is 11.8 Å². The number of amides is 1. The third kappa shape index (κ3) is 5.54. The molecule has 1 N–H and O–H groups in total. The second-order valence-electron chi connectivity index (χ2n) is 5.27. The highest BCUT2D eigenvalue weighted by Gasteiger charge is 2.22. The number of hydrogen-bond acceptors (Lipinski definition) is 4. The lowest BCUT2D eigenvalue weighted by molar-refractivity contribution is -0.117. The van der Waals surface area contributed by atoms with Crippen molar-refractivity contribution in [2.75, 3.05) is 11.9 Å². The van der Waals surface area contributed by atoms with Gasteiger partial charge in [-0.2, -0.15) is 13.9 Å². The number of halogens is 6. The number of aromatic nitrogens is 2. The van der Waals surface area contributed by atoms with Gasteiger partial charge >= 0.3 is 6.61 Å². The first-order valence-corrected chi connectivity index (χ1v) is 7.86. The van der Waals surface area contributed by atoms with Crippen LogP contribution in [0.3, 0.4) is 0 Å². The Morgan fingerprint density at radius 3 is 2.39 bits per heavy atom. The van der Waals surface area contributed by atoms with Gasteiger partial charge in [-0.05, 0) is 25.1 Å². The Morgan fingerprint density at radius 1 is 1.11 bits per heavy atom. The average Bonchev–Trinajstić information content (AvgIpc) is 3.01. The minimum atomic E-state index is -3.11. The summed E-state index contributed by atoms with van der Waals surface area (Å²) in [6.45, 7) is -2.12. The highest BCUT2D eigenvalue weighted by atomic mass is 19.3. The van der Waals surface area contributed by atoms with Crippen LogP contribution in [0.1, 0.15) is 31.2 Å². The van der Waals surface area contributed by atoms with Gasteiger partial charge in [-0.1, -0.05) is 0 Å². The number of ether oxygens (including phenoxy) is 2. The van der Waals surface area contributed by atoms with E-state index < -0.39 is 43.3 Å². The molecule has 0 atom stereocenters. The minimum absolute atomic E-state index is 0.0760. The molecule has 28 heavy (non-hydrogen) atoms. The predicted molar refractivity (Wildman–Crippen MR) is 85.0 cm³/mol. The number of nitrogens with one attached hydrogen (secondary N) is 1. The highest BCUT2D eigenvalue weighted by molar-refractivity contribution is 5.90. The number of benzene rings is 1. The fourth-order valence-corrected chi connectivity index (χ4v) is 2.24. The molecule has 154 valence electrons. The molecule has 0 spiro atoms. The smallest absolute Gasteiger partial charge is 0.387 e. The van der Waals surface area contributed by atoms with Crippen LogP contribution in [0.2, 0.25) is 0 Å². The van der Waals surface area contributed by atoms with E-state index in [-0.39, 0.29) is 23.8 Å². The maximum absolute atomic E-state index is 12.9. The summed E-state index contributed by atoms with van der Waals surface area (Å²) in [5, 5.41) is 5.62. The lowest BCUT2D eigenvalue weighted by atomic mass is 10.2. The molecule has 1 amide bonds. The Balaban J connectivity index is 2.16. The SMILES string of the molecule is CCOc1cc(NC(=O)Cn2nc(C(F)F)cc2C(F)F)ccc1OC(F)F. The summed E-state index contributed by atoms with van der Waals surface area (Å²) in [6.07, 6.45) is -6.18. The van der Waals surface area contributed by atoms with Crippen molar-refractivity contribution in [2.45, 2.75) is 32.9 Å². The molecule has 1 aromatic carbocycles. The first kappa shape index (κ1) is 21.4. The van der Waals surface area contributed by atoms with Crippen molar-refractivity contribution in [3.8, 4) is 11.5 Å². The normalized spacial score (nSPS) is 11.4. The van der Waals surface area contributed by atoms with Gasteiger partial charge in [-0.25, -0.2) is 17.6 Å². The van der Waals surface area contributed by atoms with E-state index in [1.807, 2.05) is 0 Å². The molecular weight excluding hydrogens is 396 g/mol. The van der Waals surface area contributed by atoms with E-state index in [4.69, 9.17) is 4.74 Å². The summed E-state index contributed by atoms with van der Waals surface area (Å²) in [7, 11) is 0. The monoisotopic (exact) mass is 411 g/mol. The van der Waals surface area contributed by atoms with Crippen LogP contribution in [0.5, 0.6) is 11.5 Å². The van der Waals surface area contributed by atoms with E-state index in [1.54, 1.807) is 6.92 Å². The number of anilines is 1. The minimum Gasteiger partial charge on any atom is -0.490 e. The van der Waals surface area contributed by atoms with Crippen LogP contribution in [-0.2, 0) is 11.3 Å². The first-order chi connectivity index (χ1) is 13.2. The largest absolute Gasteiger partial charge is 0.490 e. The molecule has 0 fully saturated rings. The zero-order valence-corrected chi connectivity index (χ0v) is 14.3. The Bertz CT molecular complexity index is 813. The van der Waals surface area contributed by atoms with Gasteiger partial charge in [0.05, 0.1) is 6.61 Å². The molecule has 2 rings (SSSR count).